The van der Waals surface area contributed by atoms with Crippen LogP contribution in [-0.2, 0) is 14.6 Å². The van der Waals surface area contributed by atoms with E-state index in [0.717, 1.165) is 0 Å². The van der Waals surface area contributed by atoms with Gasteiger partial charge in [-0.3, -0.25) is 4.79 Å². The van der Waals surface area contributed by atoms with E-state index < -0.39 is 28.5 Å². The zero-order valence-electron chi connectivity index (χ0n) is 15.2. The first-order valence-corrected chi connectivity index (χ1v) is 9.74. The summed E-state index contributed by atoms with van der Waals surface area (Å²) in [7, 11) is -1.62. The van der Waals surface area contributed by atoms with Crippen LogP contribution in [0.5, 0.6) is 5.75 Å². The number of rotatable bonds is 8. The van der Waals surface area contributed by atoms with Crippen LogP contribution in [0.2, 0.25) is 0 Å². The van der Waals surface area contributed by atoms with Crippen molar-refractivity contribution in [2.24, 2.45) is 0 Å². The number of carbonyl (C=O) groups is 2. The summed E-state index contributed by atoms with van der Waals surface area (Å²) in [6.45, 7) is 6.26. The number of aliphatic carboxylic acids is 1. The van der Waals surface area contributed by atoms with Crippen molar-refractivity contribution in [3.63, 3.8) is 0 Å². The van der Waals surface area contributed by atoms with Crippen LogP contribution in [0.3, 0.4) is 0 Å². The fourth-order valence-corrected chi connectivity index (χ4v) is 3.63. The van der Waals surface area contributed by atoms with E-state index in [1.54, 1.807) is 46.9 Å². The molecule has 0 aliphatic rings. The Balaban J connectivity index is 3.00. The molecule has 1 atom stereocenters. The Hall–Kier alpha value is -2.09. The summed E-state index contributed by atoms with van der Waals surface area (Å²) >= 11 is 0. The lowest BCUT2D eigenvalue weighted by molar-refractivity contribution is -0.139. The van der Waals surface area contributed by atoms with E-state index in [4.69, 9.17) is 9.84 Å². The third kappa shape index (κ3) is 5.74. The van der Waals surface area contributed by atoms with Gasteiger partial charge in [-0.1, -0.05) is 6.92 Å². The highest BCUT2D eigenvalue weighted by Crippen LogP contribution is 2.25. The fraction of sp³-hybridized carbons (Fsp3) is 0.529. The second-order valence-electron chi connectivity index (χ2n) is 6.09. The molecule has 0 saturated carbocycles. The molecule has 8 heteroatoms. The van der Waals surface area contributed by atoms with Crippen LogP contribution in [0.1, 0.15) is 35.3 Å². The van der Waals surface area contributed by atoms with Crippen molar-refractivity contribution in [1.29, 1.82) is 0 Å². The molecular weight excluding hydrogens is 346 g/mol. The second-order valence-corrected chi connectivity index (χ2v) is 8.48. The van der Waals surface area contributed by atoms with Crippen LogP contribution in [0.25, 0.3) is 0 Å². The van der Waals surface area contributed by atoms with Crippen molar-refractivity contribution in [1.82, 2.24) is 4.90 Å². The molecule has 0 aromatic heterocycles. The molecule has 0 aliphatic heterocycles. The summed E-state index contributed by atoms with van der Waals surface area (Å²) in [6.07, 6.45) is 0. The van der Waals surface area contributed by atoms with Gasteiger partial charge in [-0.2, -0.15) is 0 Å². The maximum Gasteiger partial charge on any atom is 0.341 e. The van der Waals surface area contributed by atoms with E-state index in [2.05, 4.69) is 0 Å². The highest BCUT2D eigenvalue weighted by molar-refractivity contribution is 7.91. The molecule has 0 saturated heterocycles. The minimum absolute atomic E-state index is 0.0349. The molecule has 1 aromatic rings. The number of benzene rings is 1. The minimum atomic E-state index is -3.19. The van der Waals surface area contributed by atoms with Crippen molar-refractivity contribution in [2.75, 3.05) is 25.2 Å². The van der Waals surface area contributed by atoms with Crippen molar-refractivity contribution < 1.29 is 27.9 Å². The first-order chi connectivity index (χ1) is 11.5. The number of aryl methyl sites for hydroxylation is 2. The Labute approximate surface area is 148 Å². The number of hydrogen-bond acceptors (Lipinski definition) is 5. The highest BCUT2D eigenvalue weighted by Gasteiger charge is 2.23. The van der Waals surface area contributed by atoms with Gasteiger partial charge in [0.2, 0.25) is 0 Å². The Morgan fingerprint density at radius 3 is 2.20 bits per heavy atom. The molecule has 0 aliphatic carbocycles. The maximum absolute atomic E-state index is 12.6. The molecule has 0 radical (unpaired) electrons. The molecule has 1 amide bonds. The van der Waals surface area contributed by atoms with E-state index in [0.29, 0.717) is 22.4 Å². The molecule has 0 fully saturated rings. The van der Waals surface area contributed by atoms with Crippen LogP contribution < -0.4 is 4.74 Å². The molecule has 1 rings (SSSR count). The quantitative estimate of drug-likeness (QED) is 0.746. The van der Waals surface area contributed by atoms with Crippen molar-refractivity contribution in [2.45, 2.75) is 33.7 Å². The number of ether oxygens (including phenoxy) is 1. The molecule has 7 nitrogen and oxygen atoms in total. The van der Waals surface area contributed by atoms with Crippen LogP contribution >= 0.6 is 0 Å². The normalized spacial score (nSPS) is 12.5. The van der Waals surface area contributed by atoms with Gasteiger partial charge in [-0.05, 0) is 44.0 Å². The molecule has 1 unspecified atom stereocenters. The molecule has 1 aromatic carbocycles. The van der Waals surface area contributed by atoms with Crippen LogP contribution in [0.4, 0.5) is 0 Å². The smallest absolute Gasteiger partial charge is 0.341 e. The lowest BCUT2D eigenvalue weighted by Crippen LogP contribution is -2.39. The van der Waals surface area contributed by atoms with Gasteiger partial charge >= 0.3 is 5.97 Å². The first kappa shape index (κ1) is 21.0. The number of carboxylic acid groups (broad SMARTS) is 1. The van der Waals surface area contributed by atoms with Gasteiger partial charge in [0.15, 0.2) is 16.4 Å². The first-order valence-electron chi connectivity index (χ1n) is 7.92. The third-order valence-corrected chi connectivity index (χ3v) is 5.83. The molecular formula is C17H25NO6S. The molecule has 25 heavy (non-hydrogen) atoms. The summed E-state index contributed by atoms with van der Waals surface area (Å²) in [5.41, 5.74) is 1.69. The van der Waals surface area contributed by atoms with E-state index in [1.807, 2.05) is 0 Å². The van der Waals surface area contributed by atoms with Gasteiger partial charge in [-0.15, -0.1) is 0 Å². The second kappa shape index (κ2) is 8.33. The number of amides is 1. The number of carboxylic acids is 1. The topological polar surface area (TPSA) is 101 Å². The van der Waals surface area contributed by atoms with Crippen LogP contribution in [-0.4, -0.2) is 61.5 Å². The molecule has 0 heterocycles. The summed E-state index contributed by atoms with van der Waals surface area (Å²) in [6, 6.07) is 2.77. The monoisotopic (exact) mass is 371 g/mol. The molecule has 0 spiro atoms. The summed E-state index contributed by atoms with van der Waals surface area (Å²) < 4.78 is 28.7. The number of hydrogen-bond donors (Lipinski definition) is 1. The lowest BCUT2D eigenvalue weighted by atomic mass is 10.0. The van der Waals surface area contributed by atoms with Crippen LogP contribution in [0, 0.1) is 13.8 Å². The Morgan fingerprint density at radius 1 is 1.24 bits per heavy atom. The number of sulfone groups is 1. The predicted molar refractivity (Wildman–Crippen MR) is 94.9 cm³/mol. The molecule has 140 valence electrons. The number of carbonyl (C=O) groups excluding carboxylic acids is 1. The third-order valence-electron chi connectivity index (χ3n) is 3.96. The van der Waals surface area contributed by atoms with E-state index in [1.165, 1.54) is 4.90 Å². The van der Waals surface area contributed by atoms with Gasteiger partial charge in [0, 0.05) is 24.4 Å². The standard InChI is InChI=1S/C17H25NO6S/c1-6-25(22,23)10-13(4)18(5)17(21)14-7-11(2)16(12(3)8-14)24-9-15(19)20/h7-8,13H,6,9-10H2,1-5H3,(H,19,20). The van der Waals surface area contributed by atoms with Crippen molar-refractivity contribution >= 4 is 21.7 Å². The predicted octanol–water partition coefficient (Wildman–Crippen LogP) is 1.66. The molecule has 0 bridgehead atoms. The summed E-state index contributed by atoms with van der Waals surface area (Å²) in [5.74, 6) is -1.00. The lowest BCUT2D eigenvalue weighted by Gasteiger charge is -2.25. The van der Waals surface area contributed by atoms with Gasteiger partial charge in [-0.25, -0.2) is 13.2 Å². The average molecular weight is 371 g/mol. The Kier molecular flexibility index (Phi) is 6.98. The van der Waals surface area contributed by atoms with Crippen molar-refractivity contribution in [3.05, 3.63) is 28.8 Å². The largest absolute Gasteiger partial charge is 0.481 e. The van der Waals surface area contributed by atoms with E-state index >= 15 is 0 Å². The Bertz CT molecular complexity index is 733. The van der Waals surface area contributed by atoms with Crippen molar-refractivity contribution in [3.8, 4) is 5.75 Å². The summed E-state index contributed by atoms with van der Waals surface area (Å²) in [4.78, 5) is 24.7. The summed E-state index contributed by atoms with van der Waals surface area (Å²) in [5, 5.41) is 8.71. The van der Waals surface area contributed by atoms with E-state index in [9.17, 15) is 18.0 Å². The number of nitrogens with zero attached hydrogens (tertiary/aromatic N) is 1. The molecule has 1 N–H and O–H groups in total. The van der Waals surface area contributed by atoms with Gasteiger partial charge < -0.3 is 14.7 Å². The minimum Gasteiger partial charge on any atom is -0.481 e. The van der Waals surface area contributed by atoms with E-state index in [-0.39, 0.29) is 17.4 Å². The SMILES string of the molecule is CCS(=O)(=O)CC(C)N(C)C(=O)c1cc(C)c(OCC(=O)O)c(C)c1. The highest BCUT2D eigenvalue weighted by atomic mass is 32.2. The van der Waals surface area contributed by atoms with Gasteiger partial charge in [0.05, 0.1) is 5.75 Å². The zero-order valence-corrected chi connectivity index (χ0v) is 16.0. The van der Waals surface area contributed by atoms with Gasteiger partial charge in [0.25, 0.3) is 5.91 Å². The zero-order chi connectivity index (χ0) is 19.4. The fourth-order valence-electron chi connectivity index (χ4n) is 2.44. The maximum atomic E-state index is 12.6. The van der Waals surface area contributed by atoms with Gasteiger partial charge in [0.1, 0.15) is 5.75 Å². The van der Waals surface area contributed by atoms with Crippen LogP contribution in [0.15, 0.2) is 12.1 Å². The average Bonchev–Trinajstić information content (AvgIpc) is 2.51. The Morgan fingerprint density at radius 2 is 1.76 bits per heavy atom.